The second-order valence-electron chi connectivity index (χ2n) is 3.34. The summed E-state index contributed by atoms with van der Waals surface area (Å²) in [7, 11) is 0. The Kier molecular flexibility index (Phi) is 1.15. The number of nitrogens with one attached hydrogen (secondary N) is 1. The van der Waals surface area contributed by atoms with Gasteiger partial charge in [-0.3, -0.25) is 9.78 Å². The number of pyridine rings is 2. The molecule has 13 heavy (non-hydrogen) atoms. The molecule has 0 aromatic carbocycles. The van der Waals surface area contributed by atoms with Gasteiger partial charge in [0.05, 0.1) is 11.2 Å². The average molecular weight is 172 g/mol. The topological polar surface area (TPSA) is 45.8 Å². The minimum atomic E-state index is -0.0125. The molecule has 0 saturated heterocycles. The summed E-state index contributed by atoms with van der Waals surface area (Å²) in [5.41, 5.74) is 3.16. The number of hydrogen-bond acceptors (Lipinski definition) is 2. The van der Waals surface area contributed by atoms with Crippen LogP contribution in [0.4, 0.5) is 0 Å². The molecule has 0 unspecified atom stereocenters. The lowest BCUT2D eigenvalue weighted by atomic mass is 10.2. The quantitative estimate of drug-likeness (QED) is 0.644. The molecule has 0 bridgehead atoms. The summed E-state index contributed by atoms with van der Waals surface area (Å²) in [5, 5.41) is 1.15. The van der Waals surface area contributed by atoms with Crippen LogP contribution in [0, 0.1) is 0 Å². The molecule has 0 fully saturated rings. The number of aryl methyl sites for hydroxylation is 2. The third-order valence-electron chi connectivity index (χ3n) is 2.54. The molecular weight excluding hydrogens is 164 g/mol. The highest BCUT2D eigenvalue weighted by Gasteiger charge is 2.15. The number of nitrogens with zero attached hydrogens (tertiary/aromatic N) is 1. The van der Waals surface area contributed by atoms with E-state index in [1.165, 1.54) is 0 Å². The van der Waals surface area contributed by atoms with Gasteiger partial charge in [-0.1, -0.05) is 0 Å². The molecule has 3 heteroatoms. The zero-order valence-electron chi connectivity index (χ0n) is 7.00. The molecule has 0 amide bonds. The highest BCUT2D eigenvalue weighted by Crippen LogP contribution is 2.25. The lowest BCUT2D eigenvalue weighted by Gasteiger charge is -1.98. The number of aromatic nitrogens is 2. The van der Waals surface area contributed by atoms with Crippen molar-refractivity contribution in [3.8, 4) is 0 Å². The van der Waals surface area contributed by atoms with Gasteiger partial charge >= 0.3 is 0 Å². The fourth-order valence-corrected chi connectivity index (χ4v) is 2.01. The highest BCUT2D eigenvalue weighted by atomic mass is 16.1. The van der Waals surface area contributed by atoms with E-state index in [-0.39, 0.29) is 5.56 Å². The summed E-state index contributed by atoms with van der Waals surface area (Å²) < 4.78 is 0. The van der Waals surface area contributed by atoms with Gasteiger partial charge in [-0.25, -0.2) is 0 Å². The first-order valence-corrected chi connectivity index (χ1v) is 4.34. The van der Waals surface area contributed by atoms with Crippen LogP contribution in [-0.4, -0.2) is 9.97 Å². The number of hydrogen-bond donors (Lipinski definition) is 1. The van der Waals surface area contributed by atoms with Gasteiger partial charge in [-0.15, -0.1) is 0 Å². The summed E-state index contributed by atoms with van der Waals surface area (Å²) >= 11 is 0. The highest BCUT2D eigenvalue weighted by molar-refractivity contribution is 5.85. The van der Waals surface area contributed by atoms with Gasteiger partial charge in [0.25, 0.3) is 0 Å². The van der Waals surface area contributed by atoms with Crippen molar-refractivity contribution >= 4 is 10.9 Å². The van der Waals surface area contributed by atoms with Crippen molar-refractivity contribution in [3.63, 3.8) is 0 Å². The Bertz CT molecular complexity index is 542. The summed E-state index contributed by atoms with van der Waals surface area (Å²) in [5.74, 6) is 0. The average Bonchev–Trinajstić information content (AvgIpc) is 2.50. The zero-order valence-corrected chi connectivity index (χ0v) is 7.00. The maximum Gasteiger partial charge on any atom is 0.248 e. The predicted octanol–water partition coefficient (Wildman–Crippen LogP) is 1.02. The molecule has 2 aromatic heterocycles. The van der Waals surface area contributed by atoms with E-state index < -0.39 is 0 Å². The first-order chi connectivity index (χ1) is 6.34. The van der Waals surface area contributed by atoms with Crippen LogP contribution in [0.3, 0.4) is 0 Å². The van der Waals surface area contributed by atoms with Gasteiger partial charge in [0, 0.05) is 17.6 Å². The van der Waals surface area contributed by atoms with Gasteiger partial charge < -0.3 is 4.98 Å². The third kappa shape index (κ3) is 0.840. The molecule has 3 rings (SSSR count). The van der Waals surface area contributed by atoms with Crippen molar-refractivity contribution in [3.05, 3.63) is 39.9 Å². The molecule has 2 heterocycles. The van der Waals surface area contributed by atoms with Crippen molar-refractivity contribution in [2.24, 2.45) is 0 Å². The Morgan fingerprint density at radius 2 is 2.31 bits per heavy atom. The molecule has 0 spiro atoms. The Hall–Kier alpha value is -1.64. The van der Waals surface area contributed by atoms with Crippen molar-refractivity contribution in [2.75, 3.05) is 0 Å². The van der Waals surface area contributed by atoms with Crippen LogP contribution in [0.1, 0.15) is 11.3 Å². The Morgan fingerprint density at radius 3 is 3.23 bits per heavy atom. The fraction of sp³-hybridized carbons (Fsp3) is 0.200. The Balaban J connectivity index is 2.61. The number of aromatic amines is 1. The molecule has 64 valence electrons. The van der Waals surface area contributed by atoms with Gasteiger partial charge in [0.1, 0.15) is 0 Å². The zero-order chi connectivity index (χ0) is 8.84. The van der Waals surface area contributed by atoms with E-state index in [9.17, 15) is 4.79 Å². The summed E-state index contributed by atoms with van der Waals surface area (Å²) in [6.07, 6.45) is 3.67. The molecule has 0 aliphatic heterocycles. The normalized spacial score (nSPS) is 13.8. The second kappa shape index (κ2) is 2.19. The van der Waals surface area contributed by atoms with Crippen molar-refractivity contribution < 1.29 is 0 Å². The van der Waals surface area contributed by atoms with E-state index in [1.54, 1.807) is 12.3 Å². The predicted molar refractivity (Wildman–Crippen MR) is 49.8 cm³/mol. The van der Waals surface area contributed by atoms with E-state index >= 15 is 0 Å². The van der Waals surface area contributed by atoms with Gasteiger partial charge in [0.15, 0.2) is 0 Å². The Labute approximate surface area is 74.4 Å². The largest absolute Gasteiger partial charge is 0.322 e. The summed E-state index contributed by atoms with van der Waals surface area (Å²) in [6.45, 7) is 0. The summed E-state index contributed by atoms with van der Waals surface area (Å²) in [6, 6.07) is 3.54. The van der Waals surface area contributed by atoms with E-state index in [2.05, 4.69) is 9.97 Å². The number of rotatable bonds is 0. The van der Waals surface area contributed by atoms with Crippen LogP contribution in [0.5, 0.6) is 0 Å². The van der Waals surface area contributed by atoms with Gasteiger partial charge in [-0.05, 0) is 24.5 Å². The van der Waals surface area contributed by atoms with Crippen LogP contribution in [0.15, 0.2) is 23.1 Å². The van der Waals surface area contributed by atoms with E-state index in [4.69, 9.17) is 0 Å². The molecule has 1 aliphatic carbocycles. The smallest absolute Gasteiger partial charge is 0.248 e. The fourth-order valence-electron chi connectivity index (χ4n) is 2.01. The monoisotopic (exact) mass is 172 g/mol. The maximum absolute atomic E-state index is 11.2. The van der Waals surface area contributed by atoms with Crippen LogP contribution < -0.4 is 5.56 Å². The molecule has 1 aliphatic rings. The standard InChI is InChI=1S/C10H8N2O/c13-9-5-6-1-2-7-10(6)8(12-9)3-4-11-7/h3-5H,1-2H2,(H,12,13). The lowest BCUT2D eigenvalue weighted by molar-refractivity contribution is 0.978. The number of H-pyrrole nitrogens is 1. The molecular formula is C10H8N2O. The van der Waals surface area contributed by atoms with Crippen LogP contribution in [0.25, 0.3) is 10.9 Å². The van der Waals surface area contributed by atoms with E-state index in [0.717, 1.165) is 35.0 Å². The van der Waals surface area contributed by atoms with Crippen molar-refractivity contribution in [1.82, 2.24) is 9.97 Å². The third-order valence-corrected chi connectivity index (χ3v) is 2.54. The van der Waals surface area contributed by atoms with Crippen molar-refractivity contribution in [2.45, 2.75) is 12.8 Å². The Morgan fingerprint density at radius 1 is 1.38 bits per heavy atom. The summed E-state index contributed by atoms with van der Waals surface area (Å²) in [4.78, 5) is 18.3. The minimum absolute atomic E-state index is 0.0125. The SMILES string of the molecule is O=c1cc2c3c(nccc3[nH]1)CC2. The lowest BCUT2D eigenvalue weighted by Crippen LogP contribution is -2.04. The first-order valence-electron chi connectivity index (χ1n) is 4.34. The molecule has 0 atom stereocenters. The van der Waals surface area contributed by atoms with Crippen LogP contribution >= 0.6 is 0 Å². The molecule has 2 aromatic rings. The van der Waals surface area contributed by atoms with Crippen LogP contribution in [-0.2, 0) is 12.8 Å². The molecule has 0 radical (unpaired) electrons. The van der Waals surface area contributed by atoms with Gasteiger partial charge in [0.2, 0.25) is 5.56 Å². The van der Waals surface area contributed by atoms with E-state index in [0.29, 0.717) is 0 Å². The van der Waals surface area contributed by atoms with Crippen LogP contribution in [0.2, 0.25) is 0 Å². The van der Waals surface area contributed by atoms with Crippen molar-refractivity contribution in [1.29, 1.82) is 0 Å². The molecule has 0 saturated carbocycles. The van der Waals surface area contributed by atoms with E-state index in [1.807, 2.05) is 6.07 Å². The minimum Gasteiger partial charge on any atom is -0.322 e. The molecule has 3 nitrogen and oxygen atoms in total. The molecule has 1 N–H and O–H groups in total. The second-order valence-corrected chi connectivity index (χ2v) is 3.34. The van der Waals surface area contributed by atoms with Gasteiger partial charge in [-0.2, -0.15) is 0 Å². The first kappa shape index (κ1) is 6.83. The maximum atomic E-state index is 11.2.